The van der Waals surface area contributed by atoms with Crippen LogP contribution in [-0.2, 0) is 13.0 Å². The van der Waals surface area contributed by atoms with E-state index in [1.54, 1.807) is 30.3 Å². The van der Waals surface area contributed by atoms with Crippen molar-refractivity contribution in [3.05, 3.63) is 64.2 Å². The molecule has 0 amide bonds. The van der Waals surface area contributed by atoms with E-state index in [1.807, 2.05) is 0 Å². The fourth-order valence-corrected chi connectivity index (χ4v) is 2.22. The average Bonchev–Trinajstić information content (AvgIpc) is 2.46. The largest absolute Gasteiger partial charge is 0.489 e. The standard InChI is InChI=1S/C16H12ClF3O3/c17-13-7-14(23-9-10-4-2-1-3-5-10)11(8-16(18,19)20)6-12(13)15(21)22/h1-7H,8-9H2,(H,21,22). The van der Waals surface area contributed by atoms with Crippen LogP contribution in [0.1, 0.15) is 21.5 Å². The normalized spacial score (nSPS) is 11.3. The summed E-state index contributed by atoms with van der Waals surface area (Å²) >= 11 is 5.81. The summed E-state index contributed by atoms with van der Waals surface area (Å²) in [5, 5.41) is 8.81. The number of halogens is 4. The molecule has 0 heterocycles. The third-order valence-electron chi connectivity index (χ3n) is 3.01. The van der Waals surface area contributed by atoms with Crippen LogP contribution in [0.4, 0.5) is 13.2 Å². The van der Waals surface area contributed by atoms with Crippen molar-refractivity contribution in [2.24, 2.45) is 0 Å². The van der Waals surface area contributed by atoms with E-state index in [2.05, 4.69) is 0 Å². The van der Waals surface area contributed by atoms with Gasteiger partial charge in [-0.2, -0.15) is 13.2 Å². The molecule has 0 aliphatic heterocycles. The Labute approximate surface area is 135 Å². The summed E-state index contributed by atoms with van der Waals surface area (Å²) in [6.07, 6.45) is -5.79. The van der Waals surface area contributed by atoms with Gasteiger partial charge in [0.05, 0.1) is 17.0 Å². The van der Waals surface area contributed by atoms with Crippen molar-refractivity contribution in [3.63, 3.8) is 0 Å². The molecule has 1 N–H and O–H groups in total. The van der Waals surface area contributed by atoms with Gasteiger partial charge in [0, 0.05) is 5.56 Å². The minimum Gasteiger partial charge on any atom is -0.489 e. The van der Waals surface area contributed by atoms with E-state index in [0.29, 0.717) is 0 Å². The lowest BCUT2D eigenvalue weighted by molar-refractivity contribution is -0.127. The number of carbonyl (C=O) groups is 1. The van der Waals surface area contributed by atoms with Crippen LogP contribution in [-0.4, -0.2) is 17.3 Å². The molecule has 2 rings (SSSR count). The predicted molar refractivity (Wildman–Crippen MR) is 78.9 cm³/mol. The lowest BCUT2D eigenvalue weighted by Gasteiger charge is -2.15. The molecule has 2 aromatic carbocycles. The molecule has 0 saturated heterocycles. The second-order valence-corrected chi connectivity index (χ2v) is 5.22. The highest BCUT2D eigenvalue weighted by Crippen LogP contribution is 2.33. The number of ether oxygens (including phenoxy) is 1. The maximum Gasteiger partial charge on any atom is 0.393 e. The van der Waals surface area contributed by atoms with Crippen LogP contribution in [0.15, 0.2) is 42.5 Å². The Kier molecular flexibility index (Phi) is 5.15. The van der Waals surface area contributed by atoms with E-state index in [0.717, 1.165) is 17.7 Å². The number of benzene rings is 2. The third-order valence-corrected chi connectivity index (χ3v) is 3.32. The van der Waals surface area contributed by atoms with Crippen LogP contribution in [0.5, 0.6) is 5.75 Å². The van der Waals surface area contributed by atoms with Gasteiger partial charge in [-0.15, -0.1) is 0 Å². The second kappa shape index (κ2) is 6.91. The molecule has 0 aliphatic rings. The zero-order valence-corrected chi connectivity index (χ0v) is 12.5. The summed E-state index contributed by atoms with van der Waals surface area (Å²) < 4.78 is 43.5. The third kappa shape index (κ3) is 4.89. The Morgan fingerprint density at radius 1 is 1.17 bits per heavy atom. The molecule has 3 nitrogen and oxygen atoms in total. The molecule has 0 aliphatic carbocycles. The molecule has 23 heavy (non-hydrogen) atoms. The Balaban J connectivity index is 2.32. The molecule has 0 fully saturated rings. The van der Waals surface area contributed by atoms with Gasteiger partial charge in [0.1, 0.15) is 12.4 Å². The molecule has 0 aromatic heterocycles. The zero-order chi connectivity index (χ0) is 17.0. The summed E-state index contributed by atoms with van der Waals surface area (Å²) in [4.78, 5) is 11.0. The Morgan fingerprint density at radius 2 is 1.83 bits per heavy atom. The first-order valence-corrected chi connectivity index (χ1v) is 6.93. The number of alkyl halides is 3. The van der Waals surface area contributed by atoms with E-state index in [4.69, 9.17) is 21.4 Å². The van der Waals surface area contributed by atoms with E-state index in [1.165, 1.54) is 0 Å². The van der Waals surface area contributed by atoms with Crippen molar-refractivity contribution in [3.8, 4) is 5.75 Å². The summed E-state index contributed by atoms with van der Waals surface area (Å²) in [6.45, 7) is 0.0500. The number of carboxylic acid groups (broad SMARTS) is 1. The summed E-state index contributed by atoms with van der Waals surface area (Å²) in [5.41, 5.74) is 0.108. The highest BCUT2D eigenvalue weighted by atomic mass is 35.5. The van der Waals surface area contributed by atoms with Crippen LogP contribution in [0, 0.1) is 0 Å². The fourth-order valence-electron chi connectivity index (χ4n) is 1.99. The maximum absolute atomic E-state index is 12.7. The Bertz CT molecular complexity index is 700. The van der Waals surface area contributed by atoms with Crippen LogP contribution in [0.25, 0.3) is 0 Å². The van der Waals surface area contributed by atoms with Crippen molar-refractivity contribution < 1.29 is 27.8 Å². The van der Waals surface area contributed by atoms with Crippen molar-refractivity contribution in [1.82, 2.24) is 0 Å². The SMILES string of the molecule is O=C(O)c1cc(CC(F)(F)F)c(OCc2ccccc2)cc1Cl. The lowest BCUT2D eigenvalue weighted by atomic mass is 10.1. The van der Waals surface area contributed by atoms with Gasteiger partial charge in [0.15, 0.2) is 0 Å². The summed E-state index contributed by atoms with van der Waals surface area (Å²) in [7, 11) is 0. The van der Waals surface area contributed by atoms with Gasteiger partial charge in [-0.3, -0.25) is 0 Å². The van der Waals surface area contributed by atoms with Crippen molar-refractivity contribution in [1.29, 1.82) is 0 Å². The Morgan fingerprint density at radius 3 is 2.39 bits per heavy atom. The van der Waals surface area contributed by atoms with Crippen molar-refractivity contribution in [2.45, 2.75) is 19.2 Å². The number of carboxylic acids is 1. The molecule has 0 bridgehead atoms. The van der Waals surface area contributed by atoms with Gasteiger partial charge in [-0.05, 0) is 17.7 Å². The predicted octanol–water partition coefficient (Wildman–Crippen LogP) is 4.72. The van der Waals surface area contributed by atoms with Gasteiger partial charge in [-0.25, -0.2) is 4.79 Å². The number of rotatable bonds is 5. The van der Waals surface area contributed by atoms with Gasteiger partial charge in [-0.1, -0.05) is 41.9 Å². The monoisotopic (exact) mass is 344 g/mol. The minimum absolute atomic E-state index is 0.0500. The van der Waals surface area contributed by atoms with E-state index in [-0.39, 0.29) is 22.9 Å². The first-order chi connectivity index (χ1) is 10.8. The maximum atomic E-state index is 12.7. The fraction of sp³-hybridized carbons (Fsp3) is 0.188. The molecule has 0 spiro atoms. The lowest BCUT2D eigenvalue weighted by Crippen LogP contribution is -2.14. The highest BCUT2D eigenvalue weighted by Gasteiger charge is 2.30. The summed E-state index contributed by atoms with van der Waals surface area (Å²) in [5.74, 6) is -1.48. The molecule has 0 radical (unpaired) electrons. The second-order valence-electron chi connectivity index (χ2n) is 4.81. The van der Waals surface area contributed by atoms with Crippen LogP contribution in [0.2, 0.25) is 5.02 Å². The first kappa shape index (κ1) is 17.1. The van der Waals surface area contributed by atoms with Crippen molar-refractivity contribution in [2.75, 3.05) is 0 Å². The van der Waals surface area contributed by atoms with Gasteiger partial charge < -0.3 is 9.84 Å². The van der Waals surface area contributed by atoms with Gasteiger partial charge >= 0.3 is 12.1 Å². The molecule has 0 unspecified atom stereocenters. The molecule has 7 heteroatoms. The van der Waals surface area contributed by atoms with Gasteiger partial charge in [0.2, 0.25) is 0 Å². The van der Waals surface area contributed by atoms with Gasteiger partial charge in [0.25, 0.3) is 0 Å². The zero-order valence-electron chi connectivity index (χ0n) is 11.7. The highest BCUT2D eigenvalue weighted by molar-refractivity contribution is 6.33. The number of hydrogen-bond acceptors (Lipinski definition) is 2. The van der Waals surface area contributed by atoms with Crippen LogP contribution >= 0.6 is 11.6 Å². The number of aromatic carboxylic acids is 1. The quantitative estimate of drug-likeness (QED) is 0.853. The first-order valence-electron chi connectivity index (χ1n) is 6.55. The number of hydrogen-bond donors (Lipinski definition) is 1. The molecule has 0 atom stereocenters. The molecule has 0 saturated carbocycles. The topological polar surface area (TPSA) is 46.5 Å². The van der Waals surface area contributed by atoms with E-state index in [9.17, 15) is 18.0 Å². The van der Waals surface area contributed by atoms with E-state index >= 15 is 0 Å². The van der Waals surface area contributed by atoms with E-state index < -0.39 is 24.1 Å². The van der Waals surface area contributed by atoms with Crippen LogP contribution < -0.4 is 4.74 Å². The average molecular weight is 345 g/mol. The minimum atomic E-state index is -4.49. The molecule has 2 aromatic rings. The molecular weight excluding hydrogens is 333 g/mol. The summed E-state index contributed by atoms with van der Waals surface area (Å²) in [6, 6.07) is 10.9. The van der Waals surface area contributed by atoms with Crippen molar-refractivity contribution >= 4 is 17.6 Å². The Hall–Kier alpha value is -2.21. The van der Waals surface area contributed by atoms with Crippen LogP contribution in [0.3, 0.4) is 0 Å². The molecular formula is C16H12ClF3O3. The smallest absolute Gasteiger partial charge is 0.393 e. The molecule has 122 valence electrons.